The fourth-order valence-electron chi connectivity index (χ4n) is 28.6. The molecule has 0 aliphatic heterocycles. The quantitative estimate of drug-likeness (QED) is 0.139. The first-order chi connectivity index (χ1) is 73.5. The van der Waals surface area contributed by atoms with Gasteiger partial charge < -0.3 is 0 Å². The van der Waals surface area contributed by atoms with E-state index < -0.39 is 0 Å². The maximum absolute atomic E-state index is 4.93. The van der Waals surface area contributed by atoms with Gasteiger partial charge in [-0.15, -0.1) is 0 Å². The first-order valence-corrected chi connectivity index (χ1v) is 53.9. The van der Waals surface area contributed by atoms with Crippen LogP contribution in [-0.2, 0) is 28.2 Å². The average Bonchev–Trinajstić information content (AvgIpc) is 1.01. The van der Waals surface area contributed by atoms with Crippen molar-refractivity contribution in [2.45, 2.75) is 115 Å². The number of aryl methyl sites for hydroxylation is 10. The summed E-state index contributed by atoms with van der Waals surface area (Å²) in [4.78, 5) is 4.93. The molecule has 8 bridgehead atoms. The summed E-state index contributed by atoms with van der Waals surface area (Å²) in [6.07, 6.45) is 31.8. The van der Waals surface area contributed by atoms with Crippen molar-refractivity contribution in [2.75, 3.05) is 0 Å². The van der Waals surface area contributed by atoms with Crippen LogP contribution in [0, 0.1) is 41.5 Å². The van der Waals surface area contributed by atoms with Gasteiger partial charge >= 0.3 is 0 Å². The lowest BCUT2D eigenvalue weighted by atomic mass is 9.60. The maximum Gasteiger partial charge on any atom is 0.287 e. The van der Waals surface area contributed by atoms with Gasteiger partial charge in [-0.1, -0.05) is 322 Å². The standard InChI is InChI=1S/C37H30N.C36H29N2.2C36H28N/c1-22-9-4-5-12-27(22)35-20-31(23(2)21-38(35)3)26-15-16-30-32(19-26)37-29-14-7-6-13-28(29)36(30)33-17-24-10-8-11-25(24)18-34(33)37;1-21-9-4-5-12-25(21)34-19-33(37-20-38(34)3)28-18-32-29(15-22(28)2)35-26-13-6-7-14-27(26)36(32)31-17-24-11-8-10-23(24)16-30(31)35;1-22-8-3-4-11-27(22)34-21-26(16-17-37(34)2)25-14-15-30-31(20-25)36-29-13-6-5-12-28(29)35(30)32-18-23-9-7-10-24(23)19-33(32)36;1-22-17-30-33(21-29(22)34-20-26(15-16-37(34)2)23-9-4-3-5-10-23)36-28-14-7-6-13-27(28)35(30)31-18-24-11-8-12-25(24)19-32(31)36/h4-7,9-21,36-37H,8H2,1-3H3;4-7,9-20,35-36H,8H2,1-3H3;3-6,8-21,35-36H,7H2,1-2H3;3-7,9-21,35-36H,8H2,1-2H3/q4*+1. The highest BCUT2D eigenvalue weighted by Gasteiger charge is 2.48. The van der Waals surface area contributed by atoms with Crippen LogP contribution < -0.4 is 60.0 Å². The zero-order chi connectivity index (χ0) is 100. The molecule has 36 rings (SSSR count). The van der Waals surface area contributed by atoms with Gasteiger partial charge in [-0.2, -0.15) is 0 Å². The van der Waals surface area contributed by atoms with Crippen LogP contribution in [0.1, 0.15) is 240 Å². The molecular formula is C145H115N5+4. The van der Waals surface area contributed by atoms with Crippen LogP contribution >= 0.6 is 0 Å². The Morgan fingerprint density at radius 2 is 0.453 bits per heavy atom. The summed E-state index contributed by atoms with van der Waals surface area (Å²) in [5, 5.41) is 11.2. The molecule has 0 spiro atoms. The highest BCUT2D eigenvalue weighted by Crippen LogP contribution is 2.62. The zero-order valence-corrected chi connectivity index (χ0v) is 86.5. The largest absolute Gasteiger partial charge is 0.287 e. The predicted octanol–water partition coefficient (Wildman–Crippen LogP) is 24.4. The molecule has 716 valence electrons. The maximum atomic E-state index is 4.93. The highest BCUT2D eigenvalue weighted by atomic mass is 15.0. The summed E-state index contributed by atoms with van der Waals surface area (Å²) in [6, 6.07) is 131. The van der Waals surface area contributed by atoms with E-state index in [1.807, 2.05) is 6.33 Å². The van der Waals surface area contributed by atoms with Crippen LogP contribution in [0.2, 0.25) is 0 Å². The molecule has 0 saturated carbocycles. The summed E-state index contributed by atoms with van der Waals surface area (Å²) in [5.74, 6) is 2.35. The number of fused-ring (bicyclic) bond motifs is 4. The molecule has 16 aliphatic carbocycles. The van der Waals surface area contributed by atoms with Crippen LogP contribution in [0.15, 0.2) is 371 Å². The molecule has 4 heterocycles. The molecule has 0 saturated heterocycles. The third-order valence-corrected chi connectivity index (χ3v) is 35.7. The van der Waals surface area contributed by atoms with Crippen molar-refractivity contribution < 1.29 is 18.3 Å². The number of hydrogen-bond acceptors (Lipinski definition) is 1. The molecule has 0 fully saturated rings. The van der Waals surface area contributed by atoms with Crippen LogP contribution in [0.3, 0.4) is 0 Å². The second-order valence-electron chi connectivity index (χ2n) is 44.0. The molecule has 4 aromatic heterocycles. The Hall–Kier alpha value is -17.0. The third-order valence-electron chi connectivity index (χ3n) is 35.7. The predicted molar refractivity (Wildman–Crippen MR) is 610 cm³/mol. The first-order valence-electron chi connectivity index (χ1n) is 53.9. The molecular weight excluding hydrogens is 1810 g/mol. The smallest absolute Gasteiger partial charge is 0.232 e. The van der Waals surface area contributed by atoms with Crippen LogP contribution in [0.25, 0.3) is 138 Å². The summed E-state index contributed by atoms with van der Waals surface area (Å²) in [6.45, 7) is 13.3. The van der Waals surface area contributed by atoms with Crippen molar-refractivity contribution in [1.29, 1.82) is 0 Å². The molecule has 150 heavy (non-hydrogen) atoms. The van der Waals surface area contributed by atoms with Crippen LogP contribution in [0.5, 0.6) is 0 Å². The van der Waals surface area contributed by atoms with Gasteiger partial charge in [0, 0.05) is 117 Å². The van der Waals surface area contributed by atoms with Crippen molar-refractivity contribution in [3.8, 4) is 89.7 Å². The molecule has 8 unspecified atom stereocenters. The van der Waals surface area contributed by atoms with Crippen molar-refractivity contribution >= 4 is 48.6 Å². The van der Waals surface area contributed by atoms with Crippen molar-refractivity contribution in [3.63, 3.8) is 0 Å². The Balaban J connectivity index is 0.0000000939. The average molecular weight is 1930 g/mol. The number of hydrogen-bond donors (Lipinski definition) is 0. The fraction of sp³-hybridized carbons (Fsp3) is 0.152. The van der Waals surface area contributed by atoms with Gasteiger partial charge in [0.2, 0.25) is 17.1 Å². The van der Waals surface area contributed by atoms with E-state index in [9.17, 15) is 0 Å². The molecule has 16 aromatic carbocycles. The minimum Gasteiger partial charge on any atom is -0.232 e. The number of pyridine rings is 3. The molecule has 8 atom stereocenters. The first kappa shape index (κ1) is 89.4. The van der Waals surface area contributed by atoms with Gasteiger partial charge in [-0.25, -0.2) is 18.3 Å². The molecule has 5 heteroatoms. The van der Waals surface area contributed by atoms with Gasteiger partial charge in [-0.05, 0) is 345 Å². The van der Waals surface area contributed by atoms with E-state index >= 15 is 0 Å². The van der Waals surface area contributed by atoms with Crippen molar-refractivity contribution in [1.82, 2.24) is 4.98 Å². The second kappa shape index (κ2) is 34.8. The van der Waals surface area contributed by atoms with E-state index in [-0.39, 0.29) is 23.7 Å². The summed E-state index contributed by atoms with van der Waals surface area (Å²) < 4.78 is 8.89. The molecule has 0 radical (unpaired) electrons. The van der Waals surface area contributed by atoms with Gasteiger partial charge in [0.15, 0.2) is 24.3 Å². The Kier molecular flexibility index (Phi) is 20.8. The summed E-state index contributed by atoms with van der Waals surface area (Å²) in [5.41, 5.74) is 63.4. The number of nitrogens with zero attached hydrogens (tertiary/aromatic N) is 5. The lowest BCUT2D eigenvalue weighted by Crippen LogP contribution is -2.34. The Morgan fingerprint density at radius 3 is 0.833 bits per heavy atom. The van der Waals surface area contributed by atoms with Crippen LogP contribution in [-0.4, -0.2) is 4.98 Å². The zero-order valence-electron chi connectivity index (χ0n) is 86.5. The summed E-state index contributed by atoms with van der Waals surface area (Å²) in [7, 11) is 8.54. The van der Waals surface area contributed by atoms with Gasteiger partial charge in [-0.3, -0.25) is 0 Å². The SMILES string of the molecule is Cc1c[n+](C)c(-c2ccccc2C)cc1-c1ccc2c(c1)C1c3ccccc3C2c2cc3c(cc21)=CCC=3.Cc1cc2c(cc1-c1cc(-c3ccccc3)cc[n+]1C)C1c3ccccc3C2c2cc3c(cc21)=CCC=3.Cc1cc2c(cc1-c1cc(-c3ccccc3C)[n+](C)cn1)C1c3ccccc3C2c2cc3c(cc21)=CCC=3.Cc1ccccc1-c1cc(-c2ccc3c(c2)C2c4ccccc4C3c3cc4c(cc32)=CCC=4)cc[n+]1C. The molecule has 5 nitrogen and oxygen atoms in total. The summed E-state index contributed by atoms with van der Waals surface area (Å²) >= 11 is 0. The van der Waals surface area contributed by atoms with E-state index in [0.717, 1.165) is 31.4 Å². The molecule has 16 aliphatic rings. The minimum atomic E-state index is 0.260. The van der Waals surface area contributed by atoms with Crippen molar-refractivity contribution in [2.24, 2.45) is 28.2 Å². The van der Waals surface area contributed by atoms with Gasteiger partial charge in [0.1, 0.15) is 26.8 Å². The second-order valence-corrected chi connectivity index (χ2v) is 44.0. The normalized spacial score (nSPS) is 17.7. The Bertz CT molecular complexity index is 9920. The number of rotatable bonds is 8. The van der Waals surface area contributed by atoms with Crippen molar-refractivity contribution in [3.05, 3.63) is 579 Å². The third kappa shape index (κ3) is 14.0. The fourth-order valence-corrected chi connectivity index (χ4v) is 28.6. The Labute approximate surface area is 877 Å². The lowest BCUT2D eigenvalue weighted by molar-refractivity contribution is -0.663. The van der Waals surface area contributed by atoms with E-state index in [4.69, 9.17) is 4.98 Å². The molecule has 20 aromatic rings. The van der Waals surface area contributed by atoms with Crippen LogP contribution in [0.4, 0.5) is 0 Å². The van der Waals surface area contributed by atoms with E-state index in [2.05, 4.69) is 501 Å². The number of benzene rings is 16. The monoisotopic (exact) mass is 1930 g/mol. The number of aromatic nitrogens is 5. The van der Waals surface area contributed by atoms with E-state index in [0.29, 0.717) is 23.7 Å². The molecule has 0 N–H and O–H groups in total. The topological polar surface area (TPSA) is 28.4 Å². The minimum absolute atomic E-state index is 0.260. The van der Waals surface area contributed by atoms with E-state index in [1.165, 1.54) is 293 Å². The van der Waals surface area contributed by atoms with Gasteiger partial charge in [0.25, 0.3) is 6.33 Å². The van der Waals surface area contributed by atoms with E-state index in [1.54, 1.807) is 0 Å². The highest BCUT2D eigenvalue weighted by molar-refractivity contribution is 5.84. The van der Waals surface area contributed by atoms with Gasteiger partial charge in [0.05, 0.1) is 7.05 Å². The lowest BCUT2D eigenvalue weighted by Gasteiger charge is -2.42. The molecule has 0 amide bonds. The Morgan fingerprint density at radius 1 is 0.180 bits per heavy atom.